The van der Waals surface area contributed by atoms with Crippen molar-refractivity contribution in [3.8, 4) is 11.5 Å². The summed E-state index contributed by atoms with van der Waals surface area (Å²) in [6.45, 7) is 1.54. The second kappa shape index (κ2) is 6.08. The van der Waals surface area contributed by atoms with Crippen molar-refractivity contribution in [3.63, 3.8) is 0 Å². The first-order valence-electron chi connectivity index (χ1n) is 8.91. The van der Waals surface area contributed by atoms with E-state index >= 15 is 0 Å². The number of pyridine rings is 1. The number of benzene rings is 1. The lowest BCUT2D eigenvalue weighted by molar-refractivity contribution is 0.192. The van der Waals surface area contributed by atoms with Gasteiger partial charge < -0.3 is 4.74 Å². The summed E-state index contributed by atoms with van der Waals surface area (Å²) in [6, 6.07) is 14.9. The van der Waals surface area contributed by atoms with Gasteiger partial charge in [0.05, 0.1) is 12.6 Å². The van der Waals surface area contributed by atoms with E-state index in [-0.39, 0.29) is 0 Å². The van der Waals surface area contributed by atoms with Gasteiger partial charge in [-0.3, -0.25) is 4.98 Å². The van der Waals surface area contributed by atoms with E-state index in [1.54, 1.807) is 6.20 Å². The van der Waals surface area contributed by atoms with Crippen LogP contribution in [0.3, 0.4) is 0 Å². The van der Waals surface area contributed by atoms with Crippen molar-refractivity contribution in [1.29, 1.82) is 0 Å². The fraction of sp³-hybridized carbons (Fsp3) is 0.350. The minimum absolute atomic E-state index is 0.327. The number of ether oxygens (including phenoxy) is 1. The summed E-state index contributed by atoms with van der Waals surface area (Å²) in [5, 5.41) is 4.88. The number of fused-ring (bicyclic) bond motifs is 1. The Balaban J connectivity index is 1.55. The third-order valence-corrected chi connectivity index (χ3v) is 5.22. The largest absolute Gasteiger partial charge is 0.381 e. The number of nitrogens with zero attached hydrogens (tertiary/aromatic N) is 4. The molecule has 0 radical (unpaired) electrons. The molecule has 1 atom stereocenters. The van der Waals surface area contributed by atoms with Gasteiger partial charge in [-0.05, 0) is 42.5 Å². The molecule has 1 aromatic carbocycles. The Kier molecular flexibility index (Phi) is 3.59. The molecule has 1 aliphatic carbocycles. The van der Waals surface area contributed by atoms with Gasteiger partial charge in [0, 0.05) is 18.7 Å². The predicted molar refractivity (Wildman–Crippen MR) is 94.3 cm³/mol. The number of aromatic nitrogens is 4. The summed E-state index contributed by atoms with van der Waals surface area (Å²) >= 11 is 0. The van der Waals surface area contributed by atoms with E-state index in [0.717, 1.165) is 49.8 Å². The minimum Gasteiger partial charge on any atom is -0.381 e. The lowest BCUT2D eigenvalue weighted by atomic mass is 10.1. The summed E-state index contributed by atoms with van der Waals surface area (Å²) in [4.78, 5) is 9.31. The molecule has 1 aliphatic heterocycles. The van der Waals surface area contributed by atoms with Gasteiger partial charge in [0.1, 0.15) is 11.5 Å². The fourth-order valence-corrected chi connectivity index (χ4v) is 3.93. The lowest BCUT2D eigenvalue weighted by Crippen LogP contribution is -2.17. The van der Waals surface area contributed by atoms with Crippen LogP contribution in [-0.4, -0.2) is 33.0 Å². The number of hydrogen-bond donors (Lipinski definition) is 0. The molecule has 2 aliphatic rings. The molecule has 25 heavy (non-hydrogen) atoms. The van der Waals surface area contributed by atoms with Crippen LogP contribution in [0.15, 0.2) is 48.7 Å². The highest BCUT2D eigenvalue weighted by Crippen LogP contribution is 2.34. The maximum Gasteiger partial charge on any atom is 0.200 e. The lowest BCUT2D eigenvalue weighted by Gasteiger charge is -2.15. The zero-order valence-electron chi connectivity index (χ0n) is 14.0. The summed E-state index contributed by atoms with van der Waals surface area (Å²) in [6.07, 6.45) is 4.84. The monoisotopic (exact) mass is 332 g/mol. The SMILES string of the molecule is c1ccc(-c2nc([C@@H]3CCOC3)n(C3Cc4ccccc4C3)n2)nc1. The Morgan fingerprint density at radius 1 is 1.00 bits per heavy atom. The quantitative estimate of drug-likeness (QED) is 0.739. The molecule has 0 bridgehead atoms. The molecule has 0 unspecified atom stereocenters. The summed E-state index contributed by atoms with van der Waals surface area (Å²) in [5.74, 6) is 2.10. The highest BCUT2D eigenvalue weighted by molar-refractivity contribution is 5.48. The van der Waals surface area contributed by atoms with Crippen LogP contribution in [-0.2, 0) is 17.6 Å². The number of rotatable bonds is 3. The molecule has 2 aromatic heterocycles. The molecule has 3 heterocycles. The van der Waals surface area contributed by atoms with E-state index in [0.29, 0.717) is 12.0 Å². The van der Waals surface area contributed by atoms with Gasteiger partial charge >= 0.3 is 0 Å². The normalized spacial score (nSPS) is 20.1. The first-order valence-corrected chi connectivity index (χ1v) is 8.91. The summed E-state index contributed by atoms with van der Waals surface area (Å²) in [5.41, 5.74) is 3.68. The second-order valence-electron chi connectivity index (χ2n) is 6.84. The van der Waals surface area contributed by atoms with E-state index in [1.165, 1.54) is 11.1 Å². The van der Waals surface area contributed by atoms with Gasteiger partial charge in [-0.25, -0.2) is 9.67 Å². The maximum absolute atomic E-state index is 5.61. The van der Waals surface area contributed by atoms with Crippen LogP contribution in [0.25, 0.3) is 11.5 Å². The topological polar surface area (TPSA) is 52.8 Å². The van der Waals surface area contributed by atoms with E-state index in [1.807, 2.05) is 18.2 Å². The molecule has 5 rings (SSSR count). The third-order valence-electron chi connectivity index (χ3n) is 5.22. The van der Waals surface area contributed by atoms with Crippen molar-refractivity contribution >= 4 is 0 Å². The van der Waals surface area contributed by atoms with E-state index in [2.05, 4.69) is 33.9 Å². The molecule has 0 spiro atoms. The van der Waals surface area contributed by atoms with Crippen molar-refractivity contribution in [3.05, 3.63) is 65.6 Å². The molecular formula is C20H20N4O. The van der Waals surface area contributed by atoms with Crippen LogP contribution in [0.4, 0.5) is 0 Å². The van der Waals surface area contributed by atoms with Crippen LogP contribution < -0.4 is 0 Å². The Bertz CT molecular complexity index is 859. The molecule has 0 saturated carbocycles. The zero-order valence-corrected chi connectivity index (χ0v) is 14.0. The van der Waals surface area contributed by atoms with Crippen LogP contribution >= 0.6 is 0 Å². The van der Waals surface area contributed by atoms with E-state index in [4.69, 9.17) is 14.8 Å². The standard InChI is InChI=1S/C20H20N4O/c1-2-6-15-12-17(11-14(15)5-1)24-20(16-8-10-25-13-16)22-19(23-24)18-7-3-4-9-21-18/h1-7,9,16-17H,8,10-13H2/t16-/m1/s1. The molecule has 0 N–H and O–H groups in total. The zero-order chi connectivity index (χ0) is 16.6. The van der Waals surface area contributed by atoms with Gasteiger partial charge in [-0.1, -0.05) is 30.3 Å². The van der Waals surface area contributed by atoms with Gasteiger partial charge in [-0.2, -0.15) is 0 Å². The van der Waals surface area contributed by atoms with Crippen LogP contribution in [0, 0.1) is 0 Å². The van der Waals surface area contributed by atoms with E-state index in [9.17, 15) is 0 Å². The molecule has 5 nitrogen and oxygen atoms in total. The Morgan fingerprint density at radius 2 is 1.80 bits per heavy atom. The highest BCUT2D eigenvalue weighted by Gasteiger charge is 2.31. The van der Waals surface area contributed by atoms with Gasteiger partial charge in [0.15, 0.2) is 5.82 Å². The molecule has 3 aromatic rings. The molecule has 0 amide bonds. The van der Waals surface area contributed by atoms with Gasteiger partial charge in [0.25, 0.3) is 0 Å². The smallest absolute Gasteiger partial charge is 0.200 e. The molecule has 1 saturated heterocycles. The van der Waals surface area contributed by atoms with Crippen LogP contribution in [0.5, 0.6) is 0 Å². The van der Waals surface area contributed by atoms with Crippen LogP contribution in [0.2, 0.25) is 0 Å². The van der Waals surface area contributed by atoms with Crippen molar-refractivity contribution < 1.29 is 4.74 Å². The minimum atomic E-state index is 0.327. The first kappa shape index (κ1) is 14.8. The Labute approximate surface area is 146 Å². The van der Waals surface area contributed by atoms with Crippen LogP contribution in [0.1, 0.15) is 35.3 Å². The van der Waals surface area contributed by atoms with Crippen molar-refractivity contribution in [2.24, 2.45) is 0 Å². The first-order chi connectivity index (χ1) is 12.4. The maximum atomic E-state index is 5.61. The average Bonchev–Trinajstić information content (AvgIpc) is 3.39. The molecule has 126 valence electrons. The van der Waals surface area contributed by atoms with Crippen molar-refractivity contribution in [1.82, 2.24) is 19.7 Å². The molecular weight excluding hydrogens is 312 g/mol. The van der Waals surface area contributed by atoms with Gasteiger partial charge in [0.2, 0.25) is 0 Å². The third kappa shape index (κ3) is 2.65. The fourth-order valence-electron chi connectivity index (χ4n) is 3.93. The van der Waals surface area contributed by atoms with E-state index < -0.39 is 0 Å². The Hall–Kier alpha value is -2.53. The molecule has 5 heteroatoms. The second-order valence-corrected chi connectivity index (χ2v) is 6.84. The van der Waals surface area contributed by atoms with Crippen molar-refractivity contribution in [2.75, 3.05) is 13.2 Å². The summed E-state index contributed by atoms with van der Waals surface area (Å²) in [7, 11) is 0. The van der Waals surface area contributed by atoms with Gasteiger partial charge in [-0.15, -0.1) is 5.10 Å². The van der Waals surface area contributed by atoms with Crippen molar-refractivity contribution in [2.45, 2.75) is 31.2 Å². The average molecular weight is 332 g/mol. The highest BCUT2D eigenvalue weighted by atomic mass is 16.5. The molecule has 1 fully saturated rings. The predicted octanol–water partition coefficient (Wildman–Crippen LogP) is 3.18. The Morgan fingerprint density at radius 3 is 2.48 bits per heavy atom. The summed E-state index contributed by atoms with van der Waals surface area (Å²) < 4.78 is 7.77. The number of hydrogen-bond acceptors (Lipinski definition) is 4.